The van der Waals surface area contributed by atoms with Gasteiger partial charge in [-0.05, 0) is 43.7 Å². The van der Waals surface area contributed by atoms with E-state index in [1.54, 1.807) is 21.8 Å². The summed E-state index contributed by atoms with van der Waals surface area (Å²) in [6, 6.07) is 13.5. The van der Waals surface area contributed by atoms with E-state index in [4.69, 9.17) is 0 Å². The fraction of sp³-hybridized carbons (Fsp3) is 0.318. The van der Waals surface area contributed by atoms with Gasteiger partial charge >= 0.3 is 6.18 Å². The van der Waals surface area contributed by atoms with Crippen molar-refractivity contribution in [2.45, 2.75) is 25.6 Å². The maximum atomic E-state index is 13.3. The van der Waals surface area contributed by atoms with Crippen molar-refractivity contribution in [3.05, 3.63) is 72.2 Å². The van der Waals surface area contributed by atoms with Crippen LogP contribution in [0.4, 0.5) is 19.0 Å². The van der Waals surface area contributed by atoms with Crippen LogP contribution >= 0.6 is 0 Å². The van der Waals surface area contributed by atoms with Crippen LogP contribution in [0.3, 0.4) is 0 Å². The van der Waals surface area contributed by atoms with Gasteiger partial charge in [-0.25, -0.2) is 9.67 Å². The number of hydrogen-bond donors (Lipinski definition) is 0. The Morgan fingerprint density at radius 1 is 1.03 bits per heavy atom. The van der Waals surface area contributed by atoms with Crippen molar-refractivity contribution in [2.24, 2.45) is 0 Å². The second kappa shape index (κ2) is 8.41. The number of aromatic nitrogens is 3. The molecule has 4 rings (SSSR count). The number of hydrogen-bond acceptors (Lipinski definition) is 4. The Balaban J connectivity index is 1.51. The lowest BCUT2D eigenvalue weighted by Crippen LogP contribution is -2.40. The molecular formula is C22H22F3N5O. The van der Waals surface area contributed by atoms with E-state index in [1.807, 2.05) is 42.2 Å². The molecule has 1 saturated heterocycles. The quantitative estimate of drug-likeness (QED) is 0.631. The number of rotatable bonds is 3. The fourth-order valence-corrected chi connectivity index (χ4v) is 3.72. The van der Waals surface area contributed by atoms with Gasteiger partial charge in [0.25, 0.3) is 5.91 Å². The Hall–Kier alpha value is -3.36. The summed E-state index contributed by atoms with van der Waals surface area (Å²) < 4.78 is 40.0. The van der Waals surface area contributed by atoms with E-state index < -0.39 is 11.7 Å². The maximum absolute atomic E-state index is 13.3. The van der Waals surface area contributed by atoms with Gasteiger partial charge in [0, 0.05) is 31.9 Å². The van der Waals surface area contributed by atoms with E-state index >= 15 is 0 Å². The number of amides is 1. The van der Waals surface area contributed by atoms with E-state index in [-0.39, 0.29) is 11.9 Å². The van der Waals surface area contributed by atoms with Gasteiger partial charge in [-0.2, -0.15) is 18.3 Å². The summed E-state index contributed by atoms with van der Waals surface area (Å²) in [5, 5.41) is 4.30. The van der Waals surface area contributed by atoms with Crippen molar-refractivity contribution in [3.8, 4) is 5.69 Å². The van der Waals surface area contributed by atoms with Crippen molar-refractivity contribution < 1.29 is 18.0 Å². The molecule has 31 heavy (non-hydrogen) atoms. The monoisotopic (exact) mass is 429 g/mol. The topological polar surface area (TPSA) is 54.3 Å². The molecule has 3 heterocycles. The van der Waals surface area contributed by atoms with Crippen LogP contribution in [0.15, 0.2) is 60.9 Å². The standard InChI is InChI=1S/C22H22F3N5O/c1-16-10-12-28(20-8-7-17(15-26-20)22(23,24)25)13-14-29(16)21(31)19-9-11-27-30(19)18-5-3-2-4-6-18/h2-9,11,15-16H,10,12-14H2,1H3/t16-/m1/s1. The highest BCUT2D eigenvalue weighted by Crippen LogP contribution is 2.29. The van der Waals surface area contributed by atoms with Gasteiger partial charge in [0.1, 0.15) is 11.5 Å². The van der Waals surface area contributed by atoms with Crippen LogP contribution < -0.4 is 4.90 Å². The first-order valence-corrected chi connectivity index (χ1v) is 10.0. The largest absolute Gasteiger partial charge is 0.417 e. The summed E-state index contributed by atoms with van der Waals surface area (Å²) in [5.74, 6) is 0.347. The molecule has 0 saturated carbocycles. The van der Waals surface area contributed by atoms with Crippen LogP contribution in [0.5, 0.6) is 0 Å². The first-order valence-electron chi connectivity index (χ1n) is 10.0. The first-order chi connectivity index (χ1) is 14.8. The second-order valence-electron chi connectivity index (χ2n) is 7.49. The lowest BCUT2D eigenvalue weighted by Gasteiger charge is -2.27. The van der Waals surface area contributed by atoms with Gasteiger partial charge < -0.3 is 9.80 Å². The Morgan fingerprint density at radius 2 is 1.81 bits per heavy atom. The molecule has 0 aliphatic carbocycles. The zero-order valence-electron chi connectivity index (χ0n) is 17.0. The van der Waals surface area contributed by atoms with Gasteiger partial charge in [0.15, 0.2) is 0 Å². The van der Waals surface area contributed by atoms with Crippen LogP contribution in [-0.2, 0) is 6.18 Å². The number of carbonyl (C=O) groups is 1. The molecule has 0 radical (unpaired) electrons. The SMILES string of the molecule is C[C@@H]1CCN(c2ccc(C(F)(F)F)cn2)CCN1C(=O)c1ccnn1-c1ccccc1. The number of nitrogens with zero attached hydrogens (tertiary/aromatic N) is 5. The van der Waals surface area contributed by atoms with Crippen LogP contribution in [0.25, 0.3) is 5.69 Å². The lowest BCUT2D eigenvalue weighted by molar-refractivity contribution is -0.137. The molecule has 1 amide bonds. The maximum Gasteiger partial charge on any atom is 0.417 e. The summed E-state index contributed by atoms with van der Waals surface area (Å²) >= 11 is 0. The lowest BCUT2D eigenvalue weighted by atomic mass is 10.2. The molecule has 1 aromatic carbocycles. The summed E-state index contributed by atoms with van der Waals surface area (Å²) in [5.41, 5.74) is 0.499. The minimum Gasteiger partial charge on any atom is -0.355 e. The predicted molar refractivity (Wildman–Crippen MR) is 110 cm³/mol. The van der Waals surface area contributed by atoms with Gasteiger partial charge in [-0.3, -0.25) is 4.79 Å². The molecule has 3 aromatic rings. The number of pyridine rings is 1. The number of para-hydroxylation sites is 1. The number of benzene rings is 1. The molecule has 1 aliphatic rings. The average Bonchev–Trinajstić information content (AvgIpc) is 3.17. The summed E-state index contributed by atoms with van der Waals surface area (Å²) in [6.45, 7) is 3.49. The fourth-order valence-electron chi connectivity index (χ4n) is 3.72. The third-order valence-corrected chi connectivity index (χ3v) is 5.48. The molecule has 9 heteroatoms. The van der Waals surface area contributed by atoms with E-state index in [9.17, 15) is 18.0 Å². The third kappa shape index (κ3) is 4.40. The molecule has 1 fully saturated rings. The summed E-state index contributed by atoms with van der Waals surface area (Å²) in [7, 11) is 0. The molecule has 162 valence electrons. The molecule has 0 N–H and O–H groups in total. The highest BCUT2D eigenvalue weighted by Gasteiger charge is 2.32. The Labute approximate surface area is 177 Å². The van der Waals surface area contributed by atoms with Crippen LogP contribution in [-0.4, -0.2) is 51.2 Å². The Morgan fingerprint density at radius 3 is 2.48 bits per heavy atom. The van der Waals surface area contributed by atoms with Crippen molar-refractivity contribution in [3.63, 3.8) is 0 Å². The second-order valence-corrected chi connectivity index (χ2v) is 7.49. The van der Waals surface area contributed by atoms with E-state index in [0.29, 0.717) is 37.6 Å². The van der Waals surface area contributed by atoms with Crippen LogP contribution in [0.2, 0.25) is 0 Å². The van der Waals surface area contributed by atoms with E-state index in [0.717, 1.165) is 18.0 Å². The zero-order valence-corrected chi connectivity index (χ0v) is 17.0. The van der Waals surface area contributed by atoms with Gasteiger partial charge in [-0.15, -0.1) is 0 Å². The minimum atomic E-state index is -4.41. The molecule has 0 spiro atoms. The van der Waals surface area contributed by atoms with Crippen molar-refractivity contribution in [1.82, 2.24) is 19.7 Å². The first kappa shape index (κ1) is 20.9. The van der Waals surface area contributed by atoms with Crippen molar-refractivity contribution >= 4 is 11.7 Å². The number of alkyl halides is 3. The van der Waals surface area contributed by atoms with Gasteiger partial charge in [0.2, 0.25) is 0 Å². The summed E-state index contributed by atoms with van der Waals surface area (Å²) in [4.78, 5) is 21.0. The predicted octanol–water partition coefficient (Wildman–Crippen LogP) is 4.03. The van der Waals surface area contributed by atoms with Crippen LogP contribution in [0.1, 0.15) is 29.4 Å². The highest BCUT2D eigenvalue weighted by atomic mass is 19.4. The normalized spacial score (nSPS) is 17.5. The zero-order chi connectivity index (χ0) is 22.0. The number of halogens is 3. The molecule has 1 atom stereocenters. The average molecular weight is 429 g/mol. The highest BCUT2D eigenvalue weighted by molar-refractivity contribution is 5.93. The molecule has 2 aromatic heterocycles. The van der Waals surface area contributed by atoms with Crippen LogP contribution in [0, 0.1) is 0 Å². The van der Waals surface area contributed by atoms with Crippen molar-refractivity contribution in [1.29, 1.82) is 0 Å². The molecular weight excluding hydrogens is 407 g/mol. The Bertz CT molecular complexity index is 1030. The van der Waals surface area contributed by atoms with E-state index in [1.165, 1.54) is 6.07 Å². The van der Waals surface area contributed by atoms with E-state index in [2.05, 4.69) is 10.1 Å². The summed E-state index contributed by atoms with van der Waals surface area (Å²) in [6.07, 6.45) is -1.29. The molecule has 0 unspecified atom stereocenters. The van der Waals surface area contributed by atoms with Gasteiger partial charge in [0.05, 0.1) is 17.4 Å². The molecule has 6 nitrogen and oxygen atoms in total. The van der Waals surface area contributed by atoms with Crippen molar-refractivity contribution in [2.75, 3.05) is 24.5 Å². The third-order valence-electron chi connectivity index (χ3n) is 5.48. The Kier molecular flexibility index (Phi) is 5.67. The number of anilines is 1. The minimum absolute atomic E-state index is 0.0360. The smallest absolute Gasteiger partial charge is 0.355 e. The van der Waals surface area contributed by atoms with Gasteiger partial charge in [-0.1, -0.05) is 18.2 Å². The molecule has 1 aliphatic heterocycles. The molecule has 0 bridgehead atoms. The number of carbonyl (C=O) groups excluding carboxylic acids is 1.